The molecule has 0 saturated carbocycles. The molecule has 0 aliphatic heterocycles. The molecule has 27 heavy (non-hydrogen) atoms. The van der Waals surface area contributed by atoms with Crippen LogP contribution in [0.2, 0.25) is 10.0 Å². The summed E-state index contributed by atoms with van der Waals surface area (Å²) in [5, 5.41) is 12.3. The molecule has 2 rings (SSSR count). The molecular formula is C20H21Cl2NO4. The number of hydrogen-bond acceptors (Lipinski definition) is 3. The lowest BCUT2D eigenvalue weighted by Gasteiger charge is -2.13. The summed E-state index contributed by atoms with van der Waals surface area (Å²) in [5.74, 6) is -0.596. The zero-order valence-electron chi connectivity index (χ0n) is 15.1. The first-order valence-electron chi connectivity index (χ1n) is 8.51. The third-order valence-electron chi connectivity index (χ3n) is 3.81. The van der Waals surface area contributed by atoms with Crippen LogP contribution in [-0.2, 0) is 22.6 Å². The number of hydrogen-bond donors (Lipinski definition) is 2. The van der Waals surface area contributed by atoms with Gasteiger partial charge in [0.15, 0.2) is 5.75 Å². The number of carbonyl (C=O) groups excluding carboxylic acids is 1. The van der Waals surface area contributed by atoms with Gasteiger partial charge in [0, 0.05) is 18.5 Å². The highest BCUT2D eigenvalue weighted by Crippen LogP contribution is 2.35. The van der Waals surface area contributed by atoms with Crippen molar-refractivity contribution in [1.29, 1.82) is 0 Å². The van der Waals surface area contributed by atoms with Gasteiger partial charge in [0.2, 0.25) is 5.91 Å². The van der Waals surface area contributed by atoms with Gasteiger partial charge in [-0.25, -0.2) is 0 Å². The zero-order chi connectivity index (χ0) is 20.0. The van der Waals surface area contributed by atoms with E-state index in [0.717, 1.165) is 16.7 Å². The predicted molar refractivity (Wildman–Crippen MR) is 107 cm³/mol. The van der Waals surface area contributed by atoms with Gasteiger partial charge >= 0.3 is 5.97 Å². The van der Waals surface area contributed by atoms with Crippen LogP contribution >= 0.6 is 23.2 Å². The molecule has 1 amide bonds. The SMILES string of the molecule is CCC(=O)Nc1cc(C)cc(COc2c(Cl)cc(CCC(=O)O)cc2Cl)c1. The molecule has 7 heteroatoms. The van der Waals surface area contributed by atoms with Crippen LogP contribution < -0.4 is 10.1 Å². The maximum atomic E-state index is 11.6. The molecule has 0 heterocycles. The Balaban J connectivity index is 2.12. The normalized spacial score (nSPS) is 10.5. The first kappa shape index (κ1) is 21.1. The highest BCUT2D eigenvalue weighted by Gasteiger charge is 2.12. The number of benzene rings is 2. The standard InChI is InChI=1S/C20H21Cl2NO4/c1-3-18(24)23-15-7-12(2)6-14(8-15)11-27-20-16(21)9-13(10-17(20)22)4-5-19(25)26/h6-10H,3-5,11H2,1-2H3,(H,23,24)(H,25,26). The van der Waals surface area contributed by atoms with Gasteiger partial charge in [-0.3, -0.25) is 9.59 Å². The van der Waals surface area contributed by atoms with Gasteiger partial charge in [-0.1, -0.05) is 36.2 Å². The molecule has 2 aromatic carbocycles. The molecule has 0 aliphatic carbocycles. The number of aryl methyl sites for hydroxylation is 2. The number of ether oxygens (including phenoxy) is 1. The summed E-state index contributed by atoms with van der Waals surface area (Å²) in [6, 6.07) is 8.99. The molecule has 0 bridgehead atoms. The minimum absolute atomic E-state index is 0.00239. The molecule has 0 spiro atoms. The maximum Gasteiger partial charge on any atom is 0.303 e. The molecule has 2 N–H and O–H groups in total. The molecule has 0 atom stereocenters. The third kappa shape index (κ3) is 6.45. The molecule has 0 fully saturated rings. The number of carboxylic acid groups (broad SMARTS) is 1. The van der Waals surface area contributed by atoms with E-state index < -0.39 is 5.97 Å². The van der Waals surface area contributed by atoms with Crippen LogP contribution in [0.5, 0.6) is 5.75 Å². The van der Waals surface area contributed by atoms with Gasteiger partial charge in [0.05, 0.1) is 10.0 Å². The van der Waals surface area contributed by atoms with Crippen molar-refractivity contribution in [1.82, 2.24) is 0 Å². The summed E-state index contributed by atoms with van der Waals surface area (Å²) < 4.78 is 5.78. The summed E-state index contributed by atoms with van der Waals surface area (Å²) in [7, 11) is 0. The highest BCUT2D eigenvalue weighted by atomic mass is 35.5. The summed E-state index contributed by atoms with van der Waals surface area (Å²) >= 11 is 12.5. The Labute approximate surface area is 168 Å². The molecule has 0 radical (unpaired) electrons. The van der Waals surface area contributed by atoms with Crippen molar-refractivity contribution < 1.29 is 19.4 Å². The van der Waals surface area contributed by atoms with Crippen molar-refractivity contribution >= 4 is 40.8 Å². The van der Waals surface area contributed by atoms with Crippen molar-refractivity contribution in [3.63, 3.8) is 0 Å². The van der Waals surface area contributed by atoms with E-state index in [1.165, 1.54) is 0 Å². The van der Waals surface area contributed by atoms with Gasteiger partial charge in [-0.05, 0) is 54.3 Å². The maximum absolute atomic E-state index is 11.6. The number of nitrogens with one attached hydrogen (secondary N) is 1. The number of carboxylic acids is 1. The van der Waals surface area contributed by atoms with E-state index >= 15 is 0 Å². The first-order valence-corrected chi connectivity index (χ1v) is 9.27. The van der Waals surface area contributed by atoms with Crippen molar-refractivity contribution in [2.45, 2.75) is 39.7 Å². The first-order chi connectivity index (χ1) is 12.8. The quantitative estimate of drug-likeness (QED) is 0.624. The second-order valence-electron chi connectivity index (χ2n) is 6.18. The Kier molecular flexibility index (Phi) is 7.51. The van der Waals surface area contributed by atoms with E-state index in [-0.39, 0.29) is 18.9 Å². The largest absolute Gasteiger partial charge is 0.486 e. The Hall–Kier alpha value is -2.24. The van der Waals surface area contributed by atoms with Crippen molar-refractivity contribution in [2.75, 3.05) is 5.32 Å². The lowest BCUT2D eigenvalue weighted by Crippen LogP contribution is -2.10. The van der Waals surface area contributed by atoms with Gasteiger partial charge < -0.3 is 15.2 Å². The topological polar surface area (TPSA) is 75.6 Å². The van der Waals surface area contributed by atoms with Crippen LogP contribution in [-0.4, -0.2) is 17.0 Å². The van der Waals surface area contributed by atoms with Crippen LogP contribution in [0, 0.1) is 6.92 Å². The highest BCUT2D eigenvalue weighted by molar-refractivity contribution is 6.37. The number of amides is 1. The number of aliphatic carboxylic acids is 1. The van der Waals surface area contributed by atoms with Crippen LogP contribution in [0.3, 0.4) is 0 Å². The van der Waals surface area contributed by atoms with Crippen molar-refractivity contribution in [3.8, 4) is 5.75 Å². The molecular weight excluding hydrogens is 389 g/mol. The van der Waals surface area contributed by atoms with E-state index in [2.05, 4.69) is 5.32 Å². The summed E-state index contributed by atoms with van der Waals surface area (Å²) in [6.45, 7) is 3.95. The molecule has 0 aromatic heterocycles. The average Bonchev–Trinajstić information content (AvgIpc) is 2.58. The summed E-state index contributed by atoms with van der Waals surface area (Å²) in [4.78, 5) is 22.3. The summed E-state index contributed by atoms with van der Waals surface area (Å²) in [6.07, 6.45) is 0.745. The van der Waals surface area contributed by atoms with Crippen LogP contribution in [0.1, 0.15) is 36.5 Å². The average molecular weight is 410 g/mol. The van der Waals surface area contributed by atoms with E-state index in [0.29, 0.717) is 34.3 Å². The molecule has 0 aliphatic rings. The van der Waals surface area contributed by atoms with Crippen LogP contribution in [0.25, 0.3) is 0 Å². The molecule has 5 nitrogen and oxygen atoms in total. The van der Waals surface area contributed by atoms with Crippen molar-refractivity contribution in [3.05, 3.63) is 57.1 Å². The fourth-order valence-corrected chi connectivity index (χ4v) is 3.21. The Morgan fingerprint density at radius 2 is 1.74 bits per heavy atom. The van der Waals surface area contributed by atoms with Gasteiger partial charge in [0.1, 0.15) is 6.61 Å². The fraction of sp³-hybridized carbons (Fsp3) is 0.300. The third-order valence-corrected chi connectivity index (χ3v) is 4.37. The minimum atomic E-state index is -0.881. The van der Waals surface area contributed by atoms with Crippen LogP contribution in [0.4, 0.5) is 5.69 Å². The minimum Gasteiger partial charge on any atom is -0.486 e. The number of halogens is 2. The van der Waals surface area contributed by atoms with Crippen LogP contribution in [0.15, 0.2) is 30.3 Å². The zero-order valence-corrected chi connectivity index (χ0v) is 16.7. The van der Waals surface area contributed by atoms with Gasteiger partial charge in [0.25, 0.3) is 0 Å². The second-order valence-corrected chi connectivity index (χ2v) is 6.99. The Bertz CT molecular complexity index is 829. The summed E-state index contributed by atoms with van der Waals surface area (Å²) in [5.41, 5.74) is 3.30. The smallest absolute Gasteiger partial charge is 0.303 e. The number of anilines is 1. The Morgan fingerprint density at radius 1 is 1.07 bits per heavy atom. The van der Waals surface area contributed by atoms with E-state index in [1.54, 1.807) is 19.1 Å². The van der Waals surface area contributed by atoms with Crippen molar-refractivity contribution in [2.24, 2.45) is 0 Å². The second kappa shape index (κ2) is 9.62. The van der Waals surface area contributed by atoms with Gasteiger partial charge in [-0.15, -0.1) is 0 Å². The molecule has 144 valence electrons. The van der Waals surface area contributed by atoms with E-state index in [9.17, 15) is 9.59 Å². The fourth-order valence-electron chi connectivity index (χ4n) is 2.57. The van der Waals surface area contributed by atoms with Gasteiger partial charge in [-0.2, -0.15) is 0 Å². The van der Waals surface area contributed by atoms with E-state index in [1.807, 2.05) is 25.1 Å². The molecule has 2 aromatic rings. The molecule has 0 saturated heterocycles. The molecule has 0 unspecified atom stereocenters. The number of rotatable bonds is 8. The monoisotopic (exact) mass is 409 g/mol. The predicted octanol–water partition coefficient (Wildman–Crippen LogP) is 5.25. The lowest BCUT2D eigenvalue weighted by molar-refractivity contribution is -0.137. The number of carbonyl (C=O) groups is 2. The van der Waals surface area contributed by atoms with E-state index in [4.69, 9.17) is 33.0 Å². The Morgan fingerprint density at radius 3 is 2.33 bits per heavy atom. The lowest BCUT2D eigenvalue weighted by atomic mass is 10.1.